The van der Waals surface area contributed by atoms with Gasteiger partial charge in [0, 0.05) is 12.8 Å². The number of carbonyl (C=O) groups excluding carboxylic acids is 10. The molecule has 0 aromatic heterocycles. The van der Waals surface area contributed by atoms with Crippen LogP contribution in [-0.2, 0) is 54.4 Å². The Morgan fingerprint density at radius 2 is 0.829 bits per heavy atom. The number of nitrogens with one attached hydrogen (secondary N) is 9. The van der Waals surface area contributed by atoms with Gasteiger partial charge >= 0.3 is 0 Å². The molecular formula is C58H103N13O11. The van der Waals surface area contributed by atoms with Crippen molar-refractivity contribution in [1.29, 1.82) is 0 Å². The molecule has 466 valence electrons. The van der Waals surface area contributed by atoms with E-state index in [0.717, 1.165) is 32.1 Å². The Bertz CT molecular complexity index is 2150. The van der Waals surface area contributed by atoms with Crippen LogP contribution in [0.1, 0.15) is 165 Å². The minimum absolute atomic E-state index is 0.0562. The molecule has 24 nitrogen and oxygen atoms in total. The average Bonchev–Trinajstić information content (AvgIpc) is 3.47. The molecule has 0 saturated heterocycles. The predicted molar refractivity (Wildman–Crippen MR) is 315 cm³/mol. The van der Waals surface area contributed by atoms with Crippen LogP contribution < -0.4 is 70.8 Å². The summed E-state index contributed by atoms with van der Waals surface area (Å²) in [6, 6.07) is -2.47. The summed E-state index contributed by atoms with van der Waals surface area (Å²) in [6.45, 7) is 17.5. The van der Waals surface area contributed by atoms with E-state index in [2.05, 4.69) is 54.8 Å². The van der Waals surface area contributed by atoms with Crippen molar-refractivity contribution >= 4 is 59.1 Å². The Kier molecular flexibility index (Phi) is 36.0. The maximum Gasteiger partial charge on any atom is 0.243 e. The zero-order valence-corrected chi connectivity index (χ0v) is 50.5. The Morgan fingerprint density at radius 3 is 1.29 bits per heavy atom. The van der Waals surface area contributed by atoms with Crippen LogP contribution in [0.4, 0.5) is 0 Å². The van der Waals surface area contributed by atoms with Gasteiger partial charge in [-0.05, 0) is 94.3 Å². The summed E-state index contributed by atoms with van der Waals surface area (Å²) in [4.78, 5) is 137. The van der Waals surface area contributed by atoms with Crippen LogP contribution in [0, 0.1) is 23.7 Å². The highest BCUT2D eigenvalue weighted by Crippen LogP contribution is 2.15. The number of nitrogens with two attached hydrogens (primary N) is 4. The molecule has 18 N–H and O–H groups in total. The third kappa shape index (κ3) is 28.2. The van der Waals surface area contributed by atoms with Gasteiger partial charge in [-0.2, -0.15) is 0 Å². The molecule has 0 fully saturated rings. The van der Waals surface area contributed by atoms with Crippen LogP contribution in [-0.4, -0.2) is 144 Å². The molecule has 0 saturated carbocycles. The topological polar surface area (TPSA) is 403 Å². The first-order valence-electron chi connectivity index (χ1n) is 29.6. The largest absolute Gasteiger partial charge is 0.391 e. The number of rotatable bonds is 42. The molecule has 0 unspecified atom stereocenters. The molecule has 0 aliphatic heterocycles. The Hall–Kier alpha value is -6.24. The van der Waals surface area contributed by atoms with Crippen molar-refractivity contribution in [2.75, 3.05) is 19.6 Å². The first kappa shape index (κ1) is 73.8. The van der Waals surface area contributed by atoms with E-state index < -0.39 is 125 Å². The van der Waals surface area contributed by atoms with Gasteiger partial charge in [-0.1, -0.05) is 138 Å². The van der Waals surface area contributed by atoms with Crippen molar-refractivity contribution < 1.29 is 53.1 Å². The zero-order valence-electron chi connectivity index (χ0n) is 50.5. The summed E-state index contributed by atoms with van der Waals surface area (Å²) in [5.74, 6) is -8.52. The Morgan fingerprint density at radius 1 is 0.451 bits per heavy atom. The maximum absolute atomic E-state index is 14.5. The van der Waals surface area contributed by atoms with Crippen molar-refractivity contribution in [2.24, 2.45) is 46.6 Å². The lowest BCUT2D eigenvalue weighted by Gasteiger charge is -2.30. The highest BCUT2D eigenvalue weighted by atomic mass is 16.3. The van der Waals surface area contributed by atoms with Crippen LogP contribution in [0.3, 0.4) is 0 Å². The molecule has 82 heavy (non-hydrogen) atoms. The van der Waals surface area contributed by atoms with E-state index in [0.29, 0.717) is 18.4 Å². The highest BCUT2D eigenvalue weighted by molar-refractivity contribution is 5.98. The van der Waals surface area contributed by atoms with Crippen LogP contribution in [0.25, 0.3) is 0 Å². The van der Waals surface area contributed by atoms with Gasteiger partial charge in [-0.25, -0.2) is 0 Å². The SMILES string of the molecule is CCCCCCCCCC(=O)N[C@@H](CCN)C(=O)N[C@H](C(=O)N[C@@H](CCN)C(=O)N[C@H](Cc1ccccc1)C(=O)N[C@@H](CC(C)C)C(=O)N[C@@H](CCN)C(=O)N[C@@H](C(=O)N[C@@H](CC(C)C)C(=O)N[C@H](C(N)=O)[C@@H](C)O)C(C)C)[C@@H](C)CC. The molecule has 0 aliphatic carbocycles. The van der Waals surface area contributed by atoms with Crippen molar-refractivity contribution in [2.45, 2.75) is 226 Å². The van der Waals surface area contributed by atoms with Gasteiger partial charge in [0.2, 0.25) is 59.1 Å². The van der Waals surface area contributed by atoms with E-state index in [1.807, 2.05) is 34.6 Å². The number of hydrogen-bond acceptors (Lipinski definition) is 14. The standard InChI is InChI=1S/C58H103N13O11/c1-11-13-14-15-16-17-21-24-46(73)63-40(25-28-59)52(76)70-48(37(9)12-2)58(82)65-41(26-29-60)51(75)67-45(33-39-22-19-18-20-23-39)55(79)66-43(31-34(3)4)54(78)64-42(27-30-61)53(77)69-47(36(7)8)57(81)68-44(32-35(5)6)56(80)71-49(38(10)72)50(62)74/h18-20,22-23,34-38,40-45,47-49,72H,11-17,21,24-33,59-61H2,1-10H3,(H2,62,74)(H,63,73)(H,64,78)(H,65,82)(H,66,79)(H,67,75)(H,68,81)(H,69,77)(H,70,76)(H,71,80)/t37-,38+,40-,41-,42-,43-,44-,45+,47+,48-,49-/m0/s1. The van der Waals surface area contributed by atoms with Gasteiger partial charge in [0.15, 0.2) is 0 Å². The van der Waals surface area contributed by atoms with E-state index in [9.17, 15) is 53.1 Å². The number of unbranched alkanes of at least 4 members (excludes halogenated alkanes) is 6. The molecule has 0 heterocycles. The number of hydrogen-bond donors (Lipinski definition) is 14. The summed E-state index contributed by atoms with van der Waals surface area (Å²) in [6.07, 6.45) is 6.60. The number of aliphatic hydroxyl groups excluding tert-OH is 1. The molecule has 0 aliphatic rings. The van der Waals surface area contributed by atoms with E-state index >= 15 is 0 Å². The summed E-state index contributed by atoms with van der Waals surface area (Å²) in [5, 5.41) is 34.3. The second-order valence-electron chi connectivity index (χ2n) is 22.7. The van der Waals surface area contributed by atoms with E-state index in [1.165, 1.54) is 13.3 Å². The molecule has 10 amide bonds. The molecule has 24 heteroatoms. The minimum atomic E-state index is -1.43. The average molecular weight is 1160 g/mol. The quantitative estimate of drug-likeness (QED) is 0.0395. The number of aliphatic hydroxyl groups is 1. The third-order valence-electron chi connectivity index (χ3n) is 14.0. The van der Waals surface area contributed by atoms with Gasteiger partial charge in [-0.15, -0.1) is 0 Å². The fourth-order valence-corrected chi connectivity index (χ4v) is 9.05. The van der Waals surface area contributed by atoms with E-state index in [-0.39, 0.29) is 82.3 Å². The molecule has 0 radical (unpaired) electrons. The number of carbonyl (C=O) groups is 10. The number of primary amides is 1. The summed E-state index contributed by atoms with van der Waals surface area (Å²) < 4.78 is 0. The number of amides is 10. The van der Waals surface area contributed by atoms with Crippen LogP contribution in [0.2, 0.25) is 0 Å². The van der Waals surface area contributed by atoms with Gasteiger partial charge in [0.05, 0.1) is 6.10 Å². The monoisotopic (exact) mass is 1160 g/mol. The van der Waals surface area contributed by atoms with Crippen molar-refractivity contribution in [1.82, 2.24) is 47.9 Å². The molecular weight excluding hydrogens is 1050 g/mol. The third-order valence-corrected chi connectivity index (χ3v) is 14.0. The van der Waals surface area contributed by atoms with E-state index in [4.69, 9.17) is 22.9 Å². The lowest BCUT2D eigenvalue weighted by molar-refractivity contribution is -0.137. The van der Waals surface area contributed by atoms with Crippen LogP contribution >= 0.6 is 0 Å². The molecule has 11 atom stereocenters. The summed E-state index contributed by atoms with van der Waals surface area (Å²) >= 11 is 0. The highest BCUT2D eigenvalue weighted by Gasteiger charge is 2.37. The fraction of sp³-hybridized carbons (Fsp3) is 0.724. The maximum atomic E-state index is 14.5. The van der Waals surface area contributed by atoms with Crippen LogP contribution in [0.5, 0.6) is 0 Å². The molecule has 0 spiro atoms. The van der Waals surface area contributed by atoms with Gasteiger partial charge < -0.3 is 75.9 Å². The Balaban J connectivity index is 3.44. The van der Waals surface area contributed by atoms with Crippen molar-refractivity contribution in [3.8, 4) is 0 Å². The Labute approximate surface area is 486 Å². The van der Waals surface area contributed by atoms with Gasteiger partial charge in [0.25, 0.3) is 0 Å². The van der Waals surface area contributed by atoms with E-state index in [1.54, 1.807) is 51.1 Å². The van der Waals surface area contributed by atoms with Gasteiger partial charge in [-0.3, -0.25) is 47.9 Å². The van der Waals surface area contributed by atoms with Gasteiger partial charge in [0.1, 0.15) is 54.4 Å². The molecule has 1 rings (SSSR count). The summed E-state index contributed by atoms with van der Waals surface area (Å²) in [7, 11) is 0. The lowest BCUT2D eigenvalue weighted by Crippen LogP contribution is -2.62. The minimum Gasteiger partial charge on any atom is -0.391 e. The normalized spacial score (nSPS) is 15.4. The second-order valence-corrected chi connectivity index (χ2v) is 22.7. The molecule has 1 aromatic rings. The van der Waals surface area contributed by atoms with Crippen molar-refractivity contribution in [3.63, 3.8) is 0 Å². The first-order chi connectivity index (χ1) is 38.7. The van der Waals surface area contributed by atoms with Crippen LogP contribution in [0.15, 0.2) is 30.3 Å². The zero-order chi connectivity index (χ0) is 62.1. The predicted octanol–water partition coefficient (Wildman–Crippen LogP) is 0.440. The molecule has 1 aromatic carbocycles. The van der Waals surface area contributed by atoms with Crippen molar-refractivity contribution in [3.05, 3.63) is 35.9 Å². The lowest BCUT2D eigenvalue weighted by atomic mass is 9.97. The molecule has 0 bridgehead atoms. The summed E-state index contributed by atoms with van der Waals surface area (Å²) in [5.41, 5.74) is 23.8. The second kappa shape index (κ2) is 40.1. The first-order valence-corrected chi connectivity index (χ1v) is 29.6. The fourth-order valence-electron chi connectivity index (χ4n) is 9.05. The smallest absolute Gasteiger partial charge is 0.243 e. The number of benzene rings is 1.